The van der Waals surface area contributed by atoms with Crippen LogP contribution in [0.5, 0.6) is 0 Å². The van der Waals surface area contributed by atoms with Crippen molar-refractivity contribution in [2.45, 2.75) is 20.3 Å². The Hall–Kier alpha value is -1.38. The summed E-state index contributed by atoms with van der Waals surface area (Å²) < 4.78 is 0. The van der Waals surface area contributed by atoms with Crippen molar-refractivity contribution in [3.8, 4) is 0 Å². The lowest BCUT2D eigenvalue weighted by atomic mass is 10.0. The smallest absolute Gasteiger partial charge is 0.306 e. The number of carboxylic acids is 1. The molecule has 0 aliphatic rings. The summed E-state index contributed by atoms with van der Waals surface area (Å²) >= 11 is 0. The van der Waals surface area contributed by atoms with Crippen molar-refractivity contribution in [2.24, 2.45) is 5.92 Å². The van der Waals surface area contributed by atoms with Crippen LogP contribution in [0.15, 0.2) is 18.3 Å². The van der Waals surface area contributed by atoms with Gasteiger partial charge in [-0.25, -0.2) is 0 Å². The van der Waals surface area contributed by atoms with Gasteiger partial charge in [0.1, 0.15) is 0 Å². The van der Waals surface area contributed by atoms with E-state index in [1.807, 2.05) is 19.1 Å². The van der Waals surface area contributed by atoms with E-state index < -0.39 is 5.97 Å². The lowest BCUT2D eigenvalue weighted by molar-refractivity contribution is -0.141. The van der Waals surface area contributed by atoms with Gasteiger partial charge in [0.05, 0.1) is 5.92 Å². The van der Waals surface area contributed by atoms with Crippen LogP contribution in [0.4, 0.5) is 0 Å². The quantitative estimate of drug-likeness (QED) is 0.767. The molecule has 1 N–H and O–H groups in total. The Kier molecular flexibility index (Phi) is 3.01. The predicted octanol–water partition coefficient (Wildman–Crippen LogP) is 1.65. The zero-order valence-electron chi connectivity index (χ0n) is 7.82. The van der Waals surface area contributed by atoms with Crippen LogP contribution < -0.4 is 0 Å². The molecule has 1 rings (SSSR count). The van der Waals surface area contributed by atoms with E-state index in [2.05, 4.69) is 4.98 Å². The molecule has 0 radical (unpaired) electrons. The third kappa shape index (κ3) is 2.54. The summed E-state index contributed by atoms with van der Waals surface area (Å²) in [4.78, 5) is 14.7. The molecule has 13 heavy (non-hydrogen) atoms. The van der Waals surface area contributed by atoms with Gasteiger partial charge in [0, 0.05) is 11.9 Å². The Balaban J connectivity index is 2.74. The molecule has 1 aromatic rings. The van der Waals surface area contributed by atoms with E-state index >= 15 is 0 Å². The maximum atomic E-state index is 10.6. The molecule has 1 atom stereocenters. The number of carbonyl (C=O) groups is 1. The van der Waals surface area contributed by atoms with Crippen LogP contribution in [-0.4, -0.2) is 16.1 Å². The van der Waals surface area contributed by atoms with E-state index in [-0.39, 0.29) is 5.92 Å². The second kappa shape index (κ2) is 4.03. The van der Waals surface area contributed by atoms with E-state index in [4.69, 9.17) is 5.11 Å². The molecule has 1 heterocycles. The highest BCUT2D eigenvalue weighted by atomic mass is 16.4. The van der Waals surface area contributed by atoms with Crippen LogP contribution >= 0.6 is 0 Å². The van der Waals surface area contributed by atoms with Crippen LogP contribution in [0.2, 0.25) is 0 Å². The van der Waals surface area contributed by atoms with Crippen LogP contribution in [-0.2, 0) is 11.2 Å². The summed E-state index contributed by atoms with van der Waals surface area (Å²) in [5, 5.41) is 8.71. The van der Waals surface area contributed by atoms with Crippen molar-refractivity contribution in [3.05, 3.63) is 29.6 Å². The average Bonchev–Trinajstić information content (AvgIpc) is 2.08. The molecule has 0 amide bonds. The topological polar surface area (TPSA) is 50.2 Å². The van der Waals surface area contributed by atoms with Crippen molar-refractivity contribution in [1.29, 1.82) is 0 Å². The fourth-order valence-corrected chi connectivity index (χ4v) is 1.15. The first-order valence-electron chi connectivity index (χ1n) is 4.24. The Bertz CT molecular complexity index is 310. The van der Waals surface area contributed by atoms with Crippen molar-refractivity contribution in [1.82, 2.24) is 4.98 Å². The third-order valence-electron chi connectivity index (χ3n) is 2.06. The first-order valence-corrected chi connectivity index (χ1v) is 4.24. The molecular formula is C10H13NO2. The SMILES string of the molecule is Cc1ncccc1C[C@H](C)C(=O)O. The van der Waals surface area contributed by atoms with E-state index in [0.717, 1.165) is 11.3 Å². The monoisotopic (exact) mass is 179 g/mol. The number of carboxylic acid groups (broad SMARTS) is 1. The molecule has 1 aromatic heterocycles. The van der Waals surface area contributed by atoms with Crippen LogP contribution in [0.3, 0.4) is 0 Å². The number of pyridine rings is 1. The number of hydrogen-bond donors (Lipinski definition) is 1. The molecule has 70 valence electrons. The molecule has 0 aromatic carbocycles. The lowest BCUT2D eigenvalue weighted by Gasteiger charge is -2.07. The third-order valence-corrected chi connectivity index (χ3v) is 2.06. The number of nitrogens with zero attached hydrogens (tertiary/aromatic N) is 1. The normalized spacial score (nSPS) is 12.5. The first kappa shape index (κ1) is 9.71. The second-order valence-electron chi connectivity index (χ2n) is 3.19. The van der Waals surface area contributed by atoms with Gasteiger partial charge in [0.15, 0.2) is 0 Å². The largest absolute Gasteiger partial charge is 0.481 e. The molecule has 0 fully saturated rings. The molecule has 0 saturated heterocycles. The summed E-state index contributed by atoms with van der Waals surface area (Å²) in [6.07, 6.45) is 2.26. The van der Waals surface area contributed by atoms with Crippen molar-refractivity contribution >= 4 is 5.97 Å². The Morgan fingerprint density at radius 2 is 2.38 bits per heavy atom. The van der Waals surface area contributed by atoms with Crippen molar-refractivity contribution in [2.75, 3.05) is 0 Å². The van der Waals surface area contributed by atoms with Crippen molar-refractivity contribution in [3.63, 3.8) is 0 Å². The fraction of sp³-hybridized carbons (Fsp3) is 0.400. The highest BCUT2D eigenvalue weighted by Crippen LogP contribution is 2.10. The number of aliphatic carboxylic acids is 1. The van der Waals surface area contributed by atoms with E-state index in [1.54, 1.807) is 13.1 Å². The van der Waals surface area contributed by atoms with E-state index in [9.17, 15) is 4.79 Å². The number of aryl methyl sites for hydroxylation is 1. The maximum absolute atomic E-state index is 10.6. The molecule has 3 heteroatoms. The highest BCUT2D eigenvalue weighted by molar-refractivity contribution is 5.69. The van der Waals surface area contributed by atoms with Gasteiger partial charge >= 0.3 is 5.97 Å². The minimum atomic E-state index is -0.761. The molecule has 0 unspecified atom stereocenters. The summed E-state index contributed by atoms with van der Waals surface area (Å²) in [5.41, 5.74) is 1.92. The lowest BCUT2D eigenvalue weighted by Crippen LogP contribution is -2.13. The van der Waals surface area contributed by atoms with E-state index in [0.29, 0.717) is 6.42 Å². The second-order valence-corrected chi connectivity index (χ2v) is 3.19. The maximum Gasteiger partial charge on any atom is 0.306 e. The Labute approximate surface area is 77.4 Å². The zero-order chi connectivity index (χ0) is 9.84. The van der Waals surface area contributed by atoms with Gasteiger partial charge in [-0.15, -0.1) is 0 Å². The molecule has 0 aliphatic heterocycles. The van der Waals surface area contributed by atoms with Gasteiger partial charge in [0.25, 0.3) is 0 Å². The van der Waals surface area contributed by atoms with Gasteiger partial charge in [-0.3, -0.25) is 9.78 Å². The summed E-state index contributed by atoms with van der Waals surface area (Å²) in [6, 6.07) is 3.75. The standard InChI is InChI=1S/C10H13NO2/c1-7(10(12)13)6-9-4-3-5-11-8(9)2/h3-5,7H,6H2,1-2H3,(H,12,13)/t7-/m0/s1. The van der Waals surface area contributed by atoms with Crippen LogP contribution in [0.1, 0.15) is 18.2 Å². The highest BCUT2D eigenvalue weighted by Gasteiger charge is 2.12. The molecule has 0 bridgehead atoms. The van der Waals surface area contributed by atoms with E-state index in [1.165, 1.54) is 0 Å². The number of hydrogen-bond acceptors (Lipinski definition) is 2. The Morgan fingerprint density at radius 1 is 1.69 bits per heavy atom. The number of aromatic nitrogens is 1. The van der Waals surface area contributed by atoms with Crippen LogP contribution in [0, 0.1) is 12.8 Å². The van der Waals surface area contributed by atoms with Crippen LogP contribution in [0.25, 0.3) is 0 Å². The van der Waals surface area contributed by atoms with Gasteiger partial charge in [-0.1, -0.05) is 13.0 Å². The zero-order valence-corrected chi connectivity index (χ0v) is 7.82. The molecular weight excluding hydrogens is 166 g/mol. The minimum Gasteiger partial charge on any atom is -0.481 e. The predicted molar refractivity (Wildman–Crippen MR) is 49.5 cm³/mol. The average molecular weight is 179 g/mol. The molecule has 0 spiro atoms. The minimum absolute atomic E-state index is 0.345. The fourth-order valence-electron chi connectivity index (χ4n) is 1.15. The molecule has 3 nitrogen and oxygen atoms in total. The number of rotatable bonds is 3. The van der Waals surface area contributed by atoms with Crippen molar-refractivity contribution < 1.29 is 9.90 Å². The summed E-state index contributed by atoms with van der Waals surface area (Å²) in [7, 11) is 0. The first-order chi connectivity index (χ1) is 6.11. The molecule has 0 saturated carbocycles. The molecule has 0 aliphatic carbocycles. The van der Waals surface area contributed by atoms with Gasteiger partial charge in [-0.2, -0.15) is 0 Å². The van der Waals surface area contributed by atoms with Gasteiger partial charge < -0.3 is 5.11 Å². The van der Waals surface area contributed by atoms with Gasteiger partial charge in [-0.05, 0) is 25.0 Å². The Morgan fingerprint density at radius 3 is 2.92 bits per heavy atom. The van der Waals surface area contributed by atoms with Gasteiger partial charge in [0.2, 0.25) is 0 Å². The summed E-state index contributed by atoms with van der Waals surface area (Å²) in [5.74, 6) is -1.11. The summed E-state index contributed by atoms with van der Waals surface area (Å²) in [6.45, 7) is 3.60.